The van der Waals surface area contributed by atoms with Crippen molar-refractivity contribution in [3.63, 3.8) is 0 Å². The number of aliphatic imine (C=N–C) groups is 1. The zero-order valence-corrected chi connectivity index (χ0v) is 17.6. The fourth-order valence-corrected chi connectivity index (χ4v) is 3.85. The van der Waals surface area contributed by atoms with Crippen LogP contribution in [0, 0.1) is 5.82 Å². The van der Waals surface area contributed by atoms with Crippen LogP contribution in [0.2, 0.25) is 0 Å². The summed E-state index contributed by atoms with van der Waals surface area (Å²) in [5.41, 5.74) is 3.46. The highest BCUT2D eigenvalue weighted by atomic mass is 19.1. The molecule has 4 aromatic rings. The number of benzene rings is 2. The molecule has 1 amide bonds. The lowest BCUT2D eigenvalue weighted by molar-refractivity contribution is 0.176. The summed E-state index contributed by atoms with van der Waals surface area (Å²) in [6.07, 6.45) is 1.75. The molecule has 2 N–H and O–H groups in total. The normalized spacial score (nSPS) is 12.4. The van der Waals surface area contributed by atoms with Crippen molar-refractivity contribution in [3.8, 4) is 11.1 Å². The first-order valence-corrected chi connectivity index (χ1v) is 10.2. The van der Waals surface area contributed by atoms with Gasteiger partial charge in [0, 0.05) is 29.1 Å². The summed E-state index contributed by atoms with van der Waals surface area (Å²) in [6, 6.07) is 13.8. The second-order valence-corrected chi connectivity index (χ2v) is 7.58. The Labute approximate surface area is 187 Å². The average Bonchev–Trinajstić information content (AvgIpc) is 3.23. The van der Waals surface area contributed by atoms with Crippen molar-refractivity contribution in [3.05, 3.63) is 87.9 Å². The molecular formula is C24H18FN5O3. The summed E-state index contributed by atoms with van der Waals surface area (Å²) in [5, 5.41) is 10.6. The molecule has 0 aliphatic carbocycles. The molecule has 5 rings (SSSR count). The SMILES string of the molecule is COC(=O)NC1=Nc2cc(-c3cc(Cc4n[nH]c(=O)c5ccccc45)ccc3F)cnc2C1. The van der Waals surface area contributed by atoms with E-state index in [0.29, 0.717) is 52.3 Å². The number of amidine groups is 1. The van der Waals surface area contributed by atoms with Gasteiger partial charge in [-0.15, -0.1) is 0 Å². The molecule has 164 valence electrons. The first kappa shape index (κ1) is 20.5. The monoisotopic (exact) mass is 443 g/mol. The van der Waals surface area contributed by atoms with Crippen LogP contribution in [0.25, 0.3) is 21.9 Å². The summed E-state index contributed by atoms with van der Waals surface area (Å²) in [6.45, 7) is 0. The van der Waals surface area contributed by atoms with Crippen molar-refractivity contribution in [2.24, 2.45) is 4.99 Å². The van der Waals surface area contributed by atoms with Gasteiger partial charge < -0.3 is 4.74 Å². The number of pyridine rings is 1. The van der Waals surface area contributed by atoms with Crippen LogP contribution in [-0.4, -0.2) is 34.2 Å². The van der Waals surface area contributed by atoms with E-state index >= 15 is 0 Å². The Balaban J connectivity index is 1.48. The molecule has 9 heteroatoms. The maximum Gasteiger partial charge on any atom is 0.412 e. The highest BCUT2D eigenvalue weighted by molar-refractivity contribution is 6.00. The molecule has 0 saturated carbocycles. The molecule has 0 saturated heterocycles. The number of amides is 1. The van der Waals surface area contributed by atoms with E-state index in [1.807, 2.05) is 12.1 Å². The van der Waals surface area contributed by atoms with Crippen LogP contribution < -0.4 is 10.9 Å². The molecule has 0 bridgehead atoms. The van der Waals surface area contributed by atoms with Gasteiger partial charge in [-0.25, -0.2) is 19.3 Å². The van der Waals surface area contributed by atoms with Gasteiger partial charge >= 0.3 is 6.09 Å². The molecule has 1 aliphatic rings. The van der Waals surface area contributed by atoms with Crippen molar-refractivity contribution in [2.75, 3.05) is 7.11 Å². The van der Waals surface area contributed by atoms with Crippen LogP contribution >= 0.6 is 0 Å². The number of nitrogens with one attached hydrogen (secondary N) is 2. The smallest absolute Gasteiger partial charge is 0.412 e. The third-order valence-electron chi connectivity index (χ3n) is 5.46. The Morgan fingerprint density at radius 1 is 1.18 bits per heavy atom. The fourth-order valence-electron chi connectivity index (χ4n) is 3.85. The first-order valence-electron chi connectivity index (χ1n) is 10.2. The number of fused-ring (bicyclic) bond motifs is 2. The van der Waals surface area contributed by atoms with Gasteiger partial charge in [-0.2, -0.15) is 5.10 Å². The zero-order valence-electron chi connectivity index (χ0n) is 17.6. The van der Waals surface area contributed by atoms with Crippen LogP contribution in [0.3, 0.4) is 0 Å². The van der Waals surface area contributed by atoms with Gasteiger partial charge in [0.05, 0.1) is 36.0 Å². The summed E-state index contributed by atoms with van der Waals surface area (Å²) in [5.74, 6) is 0.0291. The van der Waals surface area contributed by atoms with Crippen molar-refractivity contribution < 1.29 is 13.9 Å². The molecule has 0 radical (unpaired) electrons. The largest absolute Gasteiger partial charge is 0.453 e. The minimum Gasteiger partial charge on any atom is -0.453 e. The van der Waals surface area contributed by atoms with E-state index in [-0.39, 0.29) is 5.56 Å². The number of hydrogen-bond donors (Lipinski definition) is 2. The number of halogens is 1. The molecule has 0 fully saturated rings. The van der Waals surface area contributed by atoms with Crippen LogP contribution in [0.1, 0.15) is 17.0 Å². The minimum atomic E-state index is -0.607. The lowest BCUT2D eigenvalue weighted by atomic mass is 9.99. The number of hydrogen-bond acceptors (Lipinski definition) is 6. The number of rotatable bonds is 3. The summed E-state index contributed by atoms with van der Waals surface area (Å²) in [4.78, 5) is 32.2. The predicted molar refractivity (Wildman–Crippen MR) is 121 cm³/mol. The van der Waals surface area contributed by atoms with Crippen LogP contribution in [0.4, 0.5) is 14.9 Å². The van der Waals surface area contributed by atoms with E-state index in [9.17, 15) is 14.0 Å². The van der Waals surface area contributed by atoms with E-state index in [0.717, 1.165) is 10.9 Å². The number of aromatic nitrogens is 3. The topological polar surface area (TPSA) is 109 Å². The molecule has 8 nitrogen and oxygen atoms in total. The molecule has 0 spiro atoms. The average molecular weight is 443 g/mol. The lowest BCUT2D eigenvalue weighted by Crippen LogP contribution is -2.30. The number of nitrogens with zero attached hydrogens (tertiary/aromatic N) is 3. The number of ether oxygens (including phenoxy) is 1. The zero-order chi connectivity index (χ0) is 22.9. The van der Waals surface area contributed by atoms with Gasteiger partial charge in [0.25, 0.3) is 5.56 Å². The number of carbonyl (C=O) groups excluding carboxylic acids is 1. The lowest BCUT2D eigenvalue weighted by Gasteiger charge is -2.09. The number of methoxy groups -OCH3 is 1. The van der Waals surface area contributed by atoms with Gasteiger partial charge in [-0.05, 0) is 29.8 Å². The minimum absolute atomic E-state index is 0.250. The standard InChI is InChI=1S/C24H18FN5O3/c1-33-24(32)28-22-11-20-21(27-22)10-14(12-26-20)17-8-13(6-7-18(17)25)9-19-15-4-2-3-5-16(15)23(31)30-29-19/h2-8,10,12H,9,11H2,1H3,(H,30,31)(H,27,28,32). The predicted octanol–water partition coefficient (Wildman–Crippen LogP) is 3.66. The van der Waals surface area contributed by atoms with E-state index in [1.54, 1.807) is 36.5 Å². The molecule has 2 aromatic carbocycles. The fraction of sp³-hybridized carbons (Fsp3) is 0.125. The Morgan fingerprint density at radius 2 is 2.00 bits per heavy atom. The van der Waals surface area contributed by atoms with Crippen molar-refractivity contribution in [1.29, 1.82) is 0 Å². The number of H-pyrrole nitrogens is 1. The quantitative estimate of drug-likeness (QED) is 0.502. The maximum atomic E-state index is 14.7. The molecule has 3 heterocycles. The number of alkyl carbamates (subject to hydrolysis) is 1. The Morgan fingerprint density at radius 3 is 2.82 bits per heavy atom. The highest BCUT2D eigenvalue weighted by Crippen LogP contribution is 2.32. The molecule has 0 atom stereocenters. The maximum absolute atomic E-state index is 14.7. The van der Waals surface area contributed by atoms with Gasteiger partial charge in [0.15, 0.2) is 0 Å². The van der Waals surface area contributed by atoms with Gasteiger partial charge in [0.1, 0.15) is 11.7 Å². The van der Waals surface area contributed by atoms with E-state index in [2.05, 4.69) is 30.2 Å². The van der Waals surface area contributed by atoms with E-state index in [1.165, 1.54) is 13.2 Å². The molecular weight excluding hydrogens is 425 g/mol. The van der Waals surface area contributed by atoms with Crippen LogP contribution in [-0.2, 0) is 17.6 Å². The number of aromatic amines is 1. The third kappa shape index (κ3) is 3.96. The van der Waals surface area contributed by atoms with Gasteiger partial charge in [-0.1, -0.05) is 24.3 Å². The van der Waals surface area contributed by atoms with Crippen molar-refractivity contribution in [1.82, 2.24) is 20.5 Å². The summed E-state index contributed by atoms with van der Waals surface area (Å²) >= 11 is 0. The van der Waals surface area contributed by atoms with Crippen molar-refractivity contribution >= 4 is 28.4 Å². The first-order chi connectivity index (χ1) is 16.0. The second-order valence-electron chi connectivity index (χ2n) is 7.58. The third-order valence-corrected chi connectivity index (χ3v) is 5.46. The van der Waals surface area contributed by atoms with Crippen molar-refractivity contribution in [2.45, 2.75) is 12.8 Å². The molecule has 2 aromatic heterocycles. The van der Waals surface area contributed by atoms with Crippen LogP contribution in [0.15, 0.2) is 64.5 Å². The Hall–Kier alpha value is -4.40. The molecule has 1 aliphatic heterocycles. The highest BCUT2D eigenvalue weighted by Gasteiger charge is 2.20. The summed E-state index contributed by atoms with van der Waals surface area (Å²) < 4.78 is 19.3. The van der Waals surface area contributed by atoms with E-state index in [4.69, 9.17) is 0 Å². The Bertz CT molecular complexity index is 1500. The van der Waals surface area contributed by atoms with Gasteiger partial charge in [0.2, 0.25) is 0 Å². The summed E-state index contributed by atoms with van der Waals surface area (Å²) in [7, 11) is 1.27. The molecule has 0 unspecified atom stereocenters. The second kappa shape index (κ2) is 8.27. The Kier molecular flexibility index (Phi) is 5.14. The molecule has 33 heavy (non-hydrogen) atoms. The van der Waals surface area contributed by atoms with Gasteiger partial charge in [-0.3, -0.25) is 15.1 Å². The van der Waals surface area contributed by atoms with Crippen LogP contribution in [0.5, 0.6) is 0 Å². The van der Waals surface area contributed by atoms with E-state index < -0.39 is 11.9 Å². The number of carbonyl (C=O) groups is 1.